The minimum atomic E-state index is -0.185. The van der Waals surface area contributed by atoms with Crippen molar-refractivity contribution < 1.29 is 9.53 Å². The Morgan fingerprint density at radius 1 is 1.44 bits per heavy atom. The maximum atomic E-state index is 12.1. The van der Waals surface area contributed by atoms with Crippen molar-refractivity contribution in [2.75, 3.05) is 18.4 Å². The lowest BCUT2D eigenvalue weighted by Gasteiger charge is -2.22. The predicted molar refractivity (Wildman–Crippen MR) is 98.4 cm³/mol. The highest BCUT2D eigenvalue weighted by atomic mass is 16.5. The van der Waals surface area contributed by atoms with E-state index in [2.05, 4.69) is 26.9 Å². The van der Waals surface area contributed by atoms with Crippen molar-refractivity contribution in [1.29, 1.82) is 0 Å². The zero-order valence-electron chi connectivity index (χ0n) is 14.4. The Morgan fingerprint density at radius 3 is 3.00 bits per heavy atom. The molecule has 6 heteroatoms. The molecule has 2 aliphatic heterocycles. The molecule has 2 heterocycles. The van der Waals surface area contributed by atoms with Crippen molar-refractivity contribution in [1.82, 2.24) is 10.6 Å². The number of nitrogens with one attached hydrogen (secondary N) is 3. The van der Waals surface area contributed by atoms with E-state index < -0.39 is 0 Å². The van der Waals surface area contributed by atoms with Crippen LogP contribution in [0, 0.1) is 12.3 Å². The third-order valence-electron chi connectivity index (χ3n) is 4.47. The summed E-state index contributed by atoms with van der Waals surface area (Å²) in [5.41, 5.74) is 1.41. The third kappa shape index (κ3) is 4.52. The van der Waals surface area contributed by atoms with Gasteiger partial charge in [-0.1, -0.05) is 12.0 Å². The van der Waals surface area contributed by atoms with Gasteiger partial charge in [0.25, 0.3) is 0 Å². The largest absolute Gasteiger partial charge is 0.373 e. The Labute approximate surface area is 148 Å². The van der Waals surface area contributed by atoms with Gasteiger partial charge < -0.3 is 20.7 Å². The van der Waals surface area contributed by atoms with Crippen molar-refractivity contribution >= 4 is 17.6 Å². The fourth-order valence-electron chi connectivity index (χ4n) is 3.32. The molecule has 3 atom stereocenters. The van der Waals surface area contributed by atoms with Gasteiger partial charge in [-0.15, -0.1) is 6.42 Å². The molecule has 2 saturated heterocycles. The van der Waals surface area contributed by atoms with E-state index in [0.717, 1.165) is 31.4 Å². The van der Waals surface area contributed by atoms with Crippen molar-refractivity contribution in [3.05, 3.63) is 29.8 Å². The summed E-state index contributed by atoms with van der Waals surface area (Å²) < 4.78 is 5.85. The number of rotatable bonds is 5. The highest BCUT2D eigenvalue weighted by molar-refractivity contribution is 5.94. The van der Waals surface area contributed by atoms with E-state index in [1.54, 1.807) is 12.1 Å². The Hall–Kier alpha value is -2.52. The van der Waals surface area contributed by atoms with Crippen molar-refractivity contribution in [3.8, 4) is 12.3 Å². The summed E-state index contributed by atoms with van der Waals surface area (Å²) in [6, 6.07) is 7.47. The fraction of sp³-hybridized carbons (Fsp3) is 0.474. The lowest BCUT2D eigenvalue weighted by atomic mass is 9.96. The second-order valence-corrected chi connectivity index (χ2v) is 6.33. The Bertz CT molecular complexity index is 695. The molecule has 0 spiro atoms. The predicted octanol–water partition coefficient (Wildman–Crippen LogP) is 1.48. The average Bonchev–Trinajstić information content (AvgIpc) is 3.23. The van der Waals surface area contributed by atoms with Crippen molar-refractivity contribution in [3.63, 3.8) is 0 Å². The normalized spacial score (nSPS) is 24.6. The summed E-state index contributed by atoms with van der Waals surface area (Å²) in [4.78, 5) is 16.5. The second-order valence-electron chi connectivity index (χ2n) is 6.33. The van der Waals surface area contributed by atoms with E-state index in [4.69, 9.17) is 11.2 Å². The number of hydrogen-bond donors (Lipinski definition) is 3. The second kappa shape index (κ2) is 8.04. The van der Waals surface area contributed by atoms with Gasteiger partial charge in [-0.05, 0) is 44.4 Å². The zero-order valence-corrected chi connectivity index (χ0v) is 14.4. The number of terminal acetylenes is 1. The summed E-state index contributed by atoms with van der Waals surface area (Å²) in [5, 5.41) is 9.39. The van der Waals surface area contributed by atoms with Crippen LogP contribution in [-0.2, 0) is 9.53 Å². The quantitative estimate of drug-likeness (QED) is 0.431. The number of anilines is 1. The van der Waals surface area contributed by atoms with Crippen LogP contribution in [0.1, 0.15) is 31.7 Å². The van der Waals surface area contributed by atoms with Crippen LogP contribution in [0.25, 0.3) is 0 Å². The first-order valence-corrected chi connectivity index (χ1v) is 8.74. The van der Waals surface area contributed by atoms with Gasteiger partial charge in [-0.2, -0.15) is 0 Å². The molecule has 0 aromatic heterocycles. The average molecular weight is 340 g/mol. The maximum absolute atomic E-state index is 12.1. The Kier molecular flexibility index (Phi) is 5.56. The first-order chi connectivity index (χ1) is 12.2. The summed E-state index contributed by atoms with van der Waals surface area (Å²) >= 11 is 0. The molecule has 0 radical (unpaired) electrons. The minimum Gasteiger partial charge on any atom is -0.373 e. The van der Waals surface area contributed by atoms with E-state index in [0.29, 0.717) is 17.8 Å². The summed E-state index contributed by atoms with van der Waals surface area (Å²) in [6.07, 6.45) is 9.24. The molecule has 132 valence electrons. The number of guanidine groups is 1. The molecule has 1 amide bonds. The Morgan fingerprint density at radius 2 is 2.32 bits per heavy atom. The molecule has 3 N–H and O–H groups in total. The number of nitrogens with zero attached hydrogens (tertiary/aromatic N) is 1. The molecule has 0 saturated carbocycles. The topological polar surface area (TPSA) is 74.8 Å². The number of benzene rings is 1. The molecular formula is C19H24N4O2. The van der Waals surface area contributed by atoms with E-state index in [-0.39, 0.29) is 24.6 Å². The van der Waals surface area contributed by atoms with Crippen LogP contribution in [0.15, 0.2) is 29.3 Å². The van der Waals surface area contributed by atoms with E-state index >= 15 is 0 Å². The molecule has 6 nitrogen and oxygen atoms in total. The van der Waals surface area contributed by atoms with Crippen LogP contribution in [0.2, 0.25) is 0 Å². The van der Waals surface area contributed by atoms with Crippen LogP contribution >= 0.6 is 0 Å². The molecule has 1 aromatic carbocycles. The monoisotopic (exact) mass is 340 g/mol. The van der Waals surface area contributed by atoms with Gasteiger partial charge in [0.1, 0.15) is 6.54 Å². The first kappa shape index (κ1) is 17.3. The highest BCUT2D eigenvalue weighted by Crippen LogP contribution is 2.34. The van der Waals surface area contributed by atoms with Gasteiger partial charge in [0.2, 0.25) is 5.91 Å². The van der Waals surface area contributed by atoms with Gasteiger partial charge in [-0.3, -0.25) is 4.79 Å². The molecule has 2 bridgehead atoms. The lowest BCUT2D eigenvalue weighted by Crippen LogP contribution is -2.47. The number of aliphatic imine (C=N–C) groups is 1. The van der Waals surface area contributed by atoms with Gasteiger partial charge in [0.15, 0.2) is 5.96 Å². The third-order valence-corrected chi connectivity index (χ3v) is 4.47. The van der Waals surface area contributed by atoms with Gasteiger partial charge in [0.05, 0.1) is 18.2 Å². The van der Waals surface area contributed by atoms with Gasteiger partial charge in [0, 0.05) is 17.8 Å². The molecular weight excluding hydrogens is 316 g/mol. The van der Waals surface area contributed by atoms with Crippen LogP contribution in [0.4, 0.5) is 5.69 Å². The molecule has 2 fully saturated rings. The number of fused-ring (bicyclic) bond motifs is 2. The molecule has 2 aliphatic rings. The fourth-order valence-corrected chi connectivity index (χ4v) is 3.32. The van der Waals surface area contributed by atoms with E-state index in [9.17, 15) is 4.79 Å². The van der Waals surface area contributed by atoms with Gasteiger partial charge >= 0.3 is 0 Å². The summed E-state index contributed by atoms with van der Waals surface area (Å²) in [6.45, 7) is 2.77. The standard InChI is InChI=1S/C19H24N4O2/c1-3-13-6-5-7-14(10-13)22-18(24)12-21-19(20-4-2)23-16-11-15-8-9-17(16)25-15/h1,5-7,10,15-17H,4,8-9,11-12H2,2H3,(H,22,24)(H2,20,21,23). The number of carbonyl (C=O) groups is 1. The van der Waals surface area contributed by atoms with Crippen molar-refractivity contribution in [2.24, 2.45) is 4.99 Å². The summed E-state index contributed by atoms with van der Waals surface area (Å²) in [5.74, 6) is 3.01. The van der Waals surface area contributed by atoms with Crippen molar-refractivity contribution in [2.45, 2.75) is 44.4 Å². The van der Waals surface area contributed by atoms with Crippen LogP contribution in [0.3, 0.4) is 0 Å². The maximum Gasteiger partial charge on any atom is 0.246 e. The van der Waals surface area contributed by atoms with Crippen LogP contribution in [0.5, 0.6) is 0 Å². The van der Waals surface area contributed by atoms with E-state index in [1.807, 2.05) is 19.1 Å². The number of hydrogen-bond acceptors (Lipinski definition) is 3. The van der Waals surface area contributed by atoms with Crippen LogP contribution < -0.4 is 16.0 Å². The first-order valence-electron chi connectivity index (χ1n) is 8.74. The smallest absolute Gasteiger partial charge is 0.246 e. The lowest BCUT2D eigenvalue weighted by molar-refractivity contribution is -0.114. The van der Waals surface area contributed by atoms with Crippen LogP contribution in [-0.4, -0.2) is 43.2 Å². The molecule has 1 aromatic rings. The SMILES string of the molecule is C#Cc1cccc(NC(=O)CN=C(NCC)NC2CC3CCC2O3)c1. The van der Waals surface area contributed by atoms with Gasteiger partial charge in [-0.25, -0.2) is 4.99 Å². The molecule has 3 unspecified atom stereocenters. The number of amides is 1. The molecule has 0 aliphatic carbocycles. The minimum absolute atomic E-state index is 0.0390. The van der Waals surface area contributed by atoms with E-state index in [1.165, 1.54) is 0 Å². The Balaban J connectivity index is 1.55. The number of ether oxygens (including phenoxy) is 1. The zero-order chi connectivity index (χ0) is 17.6. The number of carbonyl (C=O) groups excluding carboxylic acids is 1. The highest BCUT2D eigenvalue weighted by Gasteiger charge is 2.41. The molecule has 25 heavy (non-hydrogen) atoms. The summed E-state index contributed by atoms with van der Waals surface area (Å²) in [7, 11) is 0. The molecule has 3 rings (SSSR count).